The monoisotopic (exact) mass is 253 g/mol. The highest BCUT2D eigenvalue weighted by Crippen LogP contribution is 2.30. The SMILES string of the molecule is Cc1cc(C)c(C(N)CCC2CCCCO2)s1. The van der Waals surface area contributed by atoms with Crippen LogP contribution in [0.25, 0.3) is 0 Å². The van der Waals surface area contributed by atoms with Crippen molar-refractivity contribution in [1.82, 2.24) is 0 Å². The molecule has 0 saturated carbocycles. The molecule has 0 amide bonds. The van der Waals surface area contributed by atoms with Crippen molar-refractivity contribution in [3.63, 3.8) is 0 Å². The van der Waals surface area contributed by atoms with E-state index in [9.17, 15) is 0 Å². The van der Waals surface area contributed by atoms with Crippen LogP contribution in [0.1, 0.15) is 53.5 Å². The van der Waals surface area contributed by atoms with Crippen molar-refractivity contribution in [3.8, 4) is 0 Å². The molecule has 0 aromatic carbocycles. The number of aryl methyl sites for hydroxylation is 2. The summed E-state index contributed by atoms with van der Waals surface area (Å²) in [4.78, 5) is 2.72. The minimum absolute atomic E-state index is 0.194. The summed E-state index contributed by atoms with van der Waals surface area (Å²) in [6, 6.07) is 2.43. The second-order valence-electron chi connectivity index (χ2n) is 5.08. The average molecular weight is 253 g/mol. The molecule has 0 bridgehead atoms. The molecule has 1 aromatic heterocycles. The van der Waals surface area contributed by atoms with Gasteiger partial charge in [0.25, 0.3) is 0 Å². The minimum Gasteiger partial charge on any atom is -0.378 e. The molecule has 1 aliphatic rings. The Morgan fingerprint density at radius 3 is 2.88 bits per heavy atom. The summed E-state index contributed by atoms with van der Waals surface area (Å²) in [5, 5.41) is 0. The molecular formula is C14H23NOS. The van der Waals surface area contributed by atoms with Gasteiger partial charge < -0.3 is 10.5 Å². The topological polar surface area (TPSA) is 35.2 Å². The van der Waals surface area contributed by atoms with Crippen molar-refractivity contribution in [2.24, 2.45) is 5.73 Å². The van der Waals surface area contributed by atoms with Crippen molar-refractivity contribution in [3.05, 3.63) is 21.4 Å². The summed E-state index contributed by atoms with van der Waals surface area (Å²) in [7, 11) is 0. The molecule has 0 radical (unpaired) electrons. The number of hydrogen-bond acceptors (Lipinski definition) is 3. The van der Waals surface area contributed by atoms with Crippen molar-refractivity contribution in [1.29, 1.82) is 0 Å². The Balaban J connectivity index is 1.84. The molecule has 2 rings (SSSR count). The van der Waals surface area contributed by atoms with Gasteiger partial charge in [-0.1, -0.05) is 0 Å². The molecule has 17 heavy (non-hydrogen) atoms. The summed E-state index contributed by atoms with van der Waals surface area (Å²) in [6.07, 6.45) is 6.37. The Morgan fingerprint density at radius 2 is 2.29 bits per heavy atom. The normalized spacial score (nSPS) is 22.6. The first-order valence-electron chi connectivity index (χ1n) is 6.61. The molecule has 1 aliphatic heterocycles. The van der Waals surface area contributed by atoms with Crippen LogP contribution in [0.4, 0.5) is 0 Å². The number of thiophene rings is 1. The molecule has 1 fully saturated rings. The van der Waals surface area contributed by atoms with Gasteiger partial charge in [-0.2, -0.15) is 0 Å². The van der Waals surface area contributed by atoms with E-state index in [4.69, 9.17) is 10.5 Å². The predicted octanol–water partition coefficient (Wildman–Crippen LogP) is 3.71. The van der Waals surface area contributed by atoms with E-state index in [1.807, 2.05) is 11.3 Å². The first kappa shape index (κ1) is 13.1. The van der Waals surface area contributed by atoms with Crippen molar-refractivity contribution < 1.29 is 4.74 Å². The third-order valence-electron chi connectivity index (χ3n) is 3.49. The number of rotatable bonds is 4. The molecule has 96 valence electrons. The second-order valence-corrected chi connectivity index (χ2v) is 6.36. The van der Waals surface area contributed by atoms with Crippen LogP contribution in [-0.2, 0) is 4.74 Å². The van der Waals surface area contributed by atoms with E-state index in [1.54, 1.807) is 0 Å². The zero-order valence-electron chi connectivity index (χ0n) is 10.9. The minimum atomic E-state index is 0.194. The van der Waals surface area contributed by atoms with Gasteiger partial charge >= 0.3 is 0 Å². The van der Waals surface area contributed by atoms with Crippen molar-refractivity contribution >= 4 is 11.3 Å². The molecule has 0 spiro atoms. The molecule has 3 heteroatoms. The van der Waals surface area contributed by atoms with Gasteiger partial charge in [0.1, 0.15) is 0 Å². The summed E-state index contributed by atoms with van der Waals surface area (Å²) < 4.78 is 5.75. The fraction of sp³-hybridized carbons (Fsp3) is 0.714. The molecule has 1 saturated heterocycles. The van der Waals surface area contributed by atoms with Crippen LogP contribution < -0.4 is 5.73 Å². The Kier molecular flexibility index (Phi) is 4.60. The van der Waals surface area contributed by atoms with Gasteiger partial charge in [0, 0.05) is 22.4 Å². The quantitative estimate of drug-likeness (QED) is 0.887. The summed E-state index contributed by atoms with van der Waals surface area (Å²) in [5.74, 6) is 0. The van der Waals surface area contributed by atoms with E-state index in [0.717, 1.165) is 19.4 Å². The van der Waals surface area contributed by atoms with Crippen LogP contribution in [0.3, 0.4) is 0 Å². The molecule has 2 atom stereocenters. The lowest BCUT2D eigenvalue weighted by Crippen LogP contribution is -2.21. The van der Waals surface area contributed by atoms with Gasteiger partial charge in [-0.3, -0.25) is 0 Å². The van der Waals surface area contributed by atoms with E-state index < -0.39 is 0 Å². The Labute approximate surface area is 108 Å². The Bertz CT molecular complexity index is 355. The molecule has 2 heterocycles. The smallest absolute Gasteiger partial charge is 0.0575 e. The standard InChI is InChI=1S/C14H23NOS/c1-10-9-11(2)17-14(10)13(15)7-6-12-5-3-4-8-16-12/h9,12-13H,3-8,15H2,1-2H3. The van der Waals surface area contributed by atoms with Crippen LogP contribution in [0, 0.1) is 13.8 Å². The number of nitrogens with two attached hydrogens (primary N) is 1. The Hall–Kier alpha value is -0.380. The van der Waals surface area contributed by atoms with Gasteiger partial charge in [0.05, 0.1) is 6.10 Å². The van der Waals surface area contributed by atoms with Gasteiger partial charge in [0.15, 0.2) is 0 Å². The number of ether oxygens (including phenoxy) is 1. The molecule has 2 nitrogen and oxygen atoms in total. The van der Waals surface area contributed by atoms with Crippen LogP contribution in [0.5, 0.6) is 0 Å². The predicted molar refractivity (Wildman–Crippen MR) is 73.5 cm³/mol. The van der Waals surface area contributed by atoms with Gasteiger partial charge in [0.2, 0.25) is 0 Å². The zero-order valence-corrected chi connectivity index (χ0v) is 11.7. The van der Waals surface area contributed by atoms with E-state index in [0.29, 0.717) is 6.10 Å². The van der Waals surface area contributed by atoms with E-state index in [1.165, 1.54) is 34.6 Å². The maximum atomic E-state index is 6.28. The highest BCUT2D eigenvalue weighted by Gasteiger charge is 2.17. The highest BCUT2D eigenvalue weighted by atomic mass is 32.1. The lowest BCUT2D eigenvalue weighted by Gasteiger charge is -2.23. The maximum Gasteiger partial charge on any atom is 0.0575 e. The molecule has 2 N–H and O–H groups in total. The molecule has 0 aliphatic carbocycles. The number of hydrogen-bond donors (Lipinski definition) is 1. The fourth-order valence-electron chi connectivity index (χ4n) is 2.56. The Morgan fingerprint density at radius 1 is 1.47 bits per heavy atom. The second kappa shape index (κ2) is 5.98. The molecular weight excluding hydrogens is 230 g/mol. The van der Waals surface area contributed by atoms with Crippen molar-refractivity contribution in [2.75, 3.05) is 6.61 Å². The fourth-order valence-corrected chi connectivity index (χ4v) is 3.63. The van der Waals surface area contributed by atoms with Crippen LogP contribution >= 0.6 is 11.3 Å². The van der Waals surface area contributed by atoms with Gasteiger partial charge in [-0.15, -0.1) is 11.3 Å². The maximum absolute atomic E-state index is 6.28. The summed E-state index contributed by atoms with van der Waals surface area (Å²) in [6.45, 7) is 5.25. The highest BCUT2D eigenvalue weighted by molar-refractivity contribution is 7.12. The third kappa shape index (κ3) is 3.54. The largest absolute Gasteiger partial charge is 0.378 e. The summed E-state index contributed by atoms with van der Waals surface area (Å²) >= 11 is 1.84. The van der Waals surface area contributed by atoms with Crippen LogP contribution in [0.2, 0.25) is 0 Å². The van der Waals surface area contributed by atoms with Crippen LogP contribution in [0.15, 0.2) is 6.07 Å². The summed E-state index contributed by atoms with van der Waals surface area (Å²) in [5.41, 5.74) is 7.63. The lowest BCUT2D eigenvalue weighted by atomic mass is 10.0. The zero-order chi connectivity index (χ0) is 12.3. The van der Waals surface area contributed by atoms with E-state index >= 15 is 0 Å². The first-order valence-corrected chi connectivity index (χ1v) is 7.42. The third-order valence-corrected chi connectivity index (χ3v) is 4.77. The lowest BCUT2D eigenvalue weighted by molar-refractivity contribution is 0.00916. The van der Waals surface area contributed by atoms with Crippen molar-refractivity contribution in [2.45, 2.75) is 58.1 Å². The molecule has 2 unspecified atom stereocenters. The van der Waals surface area contributed by atoms with Gasteiger partial charge in [-0.05, 0) is 57.6 Å². The first-order chi connectivity index (χ1) is 8.16. The van der Waals surface area contributed by atoms with Gasteiger partial charge in [-0.25, -0.2) is 0 Å². The molecule has 1 aromatic rings. The van der Waals surface area contributed by atoms with E-state index in [-0.39, 0.29) is 6.04 Å². The van der Waals surface area contributed by atoms with Crippen LogP contribution in [-0.4, -0.2) is 12.7 Å². The average Bonchev–Trinajstić information content (AvgIpc) is 2.67. The van der Waals surface area contributed by atoms with E-state index in [2.05, 4.69) is 19.9 Å².